The maximum absolute atomic E-state index is 8.74. The summed E-state index contributed by atoms with van der Waals surface area (Å²) in [6, 6.07) is 8.06. The fraction of sp³-hybridized carbons (Fsp3) is 0.273. The van der Waals surface area contributed by atoms with Crippen molar-refractivity contribution in [3.05, 3.63) is 34.7 Å². The molecule has 1 aromatic carbocycles. The lowest BCUT2D eigenvalue weighted by atomic mass is 10.2. The Morgan fingerprint density at radius 2 is 1.75 bits per heavy atom. The van der Waals surface area contributed by atoms with Crippen LogP contribution < -0.4 is 10.4 Å². The van der Waals surface area contributed by atoms with Gasteiger partial charge in [0.05, 0.1) is 6.61 Å². The average Bonchev–Trinajstić information content (AvgIpc) is 2.09. The van der Waals surface area contributed by atoms with Crippen LogP contribution in [0.2, 0.25) is 0 Å². The van der Waals surface area contributed by atoms with E-state index < -0.39 is 0 Å². The van der Waals surface area contributed by atoms with Gasteiger partial charge < -0.3 is 5.11 Å². The molecular weight excluding hydrogens is 148 g/mol. The van der Waals surface area contributed by atoms with Crippen LogP contribution in [0.1, 0.15) is 13.3 Å². The van der Waals surface area contributed by atoms with Gasteiger partial charge in [0.15, 0.2) is 0 Å². The predicted octanol–water partition coefficient (Wildman–Crippen LogP) is 0.650. The number of hydrogen-bond acceptors (Lipinski definition) is 1. The Hall–Kier alpha value is -1.08. The van der Waals surface area contributed by atoms with E-state index in [2.05, 4.69) is 19.1 Å². The number of benzene rings is 1. The first-order chi connectivity index (χ1) is 5.88. The molecule has 0 radical (unpaired) electrons. The molecule has 0 fully saturated rings. The Labute approximate surface area is 72.7 Å². The minimum atomic E-state index is 0.106. The van der Waals surface area contributed by atoms with Crippen LogP contribution in [0.4, 0.5) is 0 Å². The van der Waals surface area contributed by atoms with Crippen molar-refractivity contribution in [1.29, 1.82) is 0 Å². The minimum Gasteiger partial charge on any atom is -0.392 e. The molecule has 0 saturated heterocycles. The van der Waals surface area contributed by atoms with Gasteiger partial charge in [-0.1, -0.05) is 43.3 Å². The van der Waals surface area contributed by atoms with Gasteiger partial charge in [0.25, 0.3) is 0 Å². The molecule has 64 valence electrons. The smallest absolute Gasteiger partial charge is 0.0621 e. The van der Waals surface area contributed by atoms with Crippen LogP contribution in [0.15, 0.2) is 24.3 Å². The normalized spacial score (nSPS) is 13.8. The maximum atomic E-state index is 8.74. The fourth-order valence-corrected chi connectivity index (χ4v) is 1.20. The van der Waals surface area contributed by atoms with Gasteiger partial charge >= 0.3 is 0 Å². The average molecular weight is 162 g/mol. The van der Waals surface area contributed by atoms with Crippen LogP contribution in [0.5, 0.6) is 0 Å². The summed E-state index contributed by atoms with van der Waals surface area (Å²) in [5, 5.41) is 11.1. The highest BCUT2D eigenvalue weighted by molar-refractivity contribution is 5.31. The summed E-state index contributed by atoms with van der Waals surface area (Å²) in [5.74, 6) is 0. The lowest BCUT2D eigenvalue weighted by Crippen LogP contribution is -2.23. The molecule has 0 aliphatic carbocycles. The number of rotatable bonds is 2. The van der Waals surface area contributed by atoms with Crippen molar-refractivity contribution in [2.45, 2.75) is 13.3 Å². The van der Waals surface area contributed by atoms with Crippen LogP contribution in [-0.4, -0.2) is 11.7 Å². The van der Waals surface area contributed by atoms with Gasteiger partial charge in [0.2, 0.25) is 0 Å². The van der Waals surface area contributed by atoms with Gasteiger partial charge in [-0.15, -0.1) is 0 Å². The van der Waals surface area contributed by atoms with Crippen molar-refractivity contribution in [2.24, 2.45) is 0 Å². The monoisotopic (exact) mass is 162 g/mol. The summed E-state index contributed by atoms with van der Waals surface area (Å²) >= 11 is 0. The lowest BCUT2D eigenvalue weighted by molar-refractivity contribution is 0.355. The van der Waals surface area contributed by atoms with E-state index in [4.69, 9.17) is 5.11 Å². The molecule has 0 aromatic heterocycles. The van der Waals surface area contributed by atoms with E-state index in [1.54, 1.807) is 0 Å². The second kappa shape index (κ2) is 4.73. The Kier molecular flexibility index (Phi) is 3.55. The number of aliphatic hydroxyl groups is 1. The van der Waals surface area contributed by atoms with Crippen LogP contribution in [0.25, 0.3) is 12.2 Å². The third kappa shape index (κ3) is 2.21. The second-order valence-electron chi connectivity index (χ2n) is 2.63. The summed E-state index contributed by atoms with van der Waals surface area (Å²) in [4.78, 5) is 0. The molecule has 1 aromatic rings. The van der Waals surface area contributed by atoms with Gasteiger partial charge in [0, 0.05) is 0 Å². The van der Waals surface area contributed by atoms with E-state index in [1.807, 2.05) is 24.3 Å². The SMILES string of the molecule is CC/C=c1/cccc/c1=C/CO. The molecule has 1 N–H and O–H groups in total. The Balaban J connectivity index is 3.28. The van der Waals surface area contributed by atoms with Gasteiger partial charge in [-0.3, -0.25) is 0 Å². The molecule has 0 spiro atoms. The Bertz CT molecular complexity index is 303. The molecule has 12 heavy (non-hydrogen) atoms. The minimum absolute atomic E-state index is 0.106. The zero-order valence-electron chi connectivity index (χ0n) is 7.33. The highest BCUT2D eigenvalue weighted by atomic mass is 16.2. The van der Waals surface area contributed by atoms with Crippen LogP contribution in [-0.2, 0) is 0 Å². The molecule has 0 unspecified atom stereocenters. The molecule has 1 rings (SSSR count). The van der Waals surface area contributed by atoms with Gasteiger partial charge in [-0.2, -0.15) is 0 Å². The third-order valence-corrected chi connectivity index (χ3v) is 1.73. The van der Waals surface area contributed by atoms with Crippen LogP contribution in [0, 0.1) is 0 Å². The fourth-order valence-electron chi connectivity index (χ4n) is 1.20. The highest BCUT2D eigenvalue weighted by Crippen LogP contribution is 1.76. The van der Waals surface area contributed by atoms with Crippen molar-refractivity contribution < 1.29 is 5.11 Å². The summed E-state index contributed by atoms with van der Waals surface area (Å²) in [7, 11) is 0. The highest BCUT2D eigenvalue weighted by Gasteiger charge is 1.81. The van der Waals surface area contributed by atoms with Gasteiger partial charge in [0.1, 0.15) is 0 Å². The van der Waals surface area contributed by atoms with E-state index >= 15 is 0 Å². The molecule has 0 atom stereocenters. The summed E-state index contributed by atoms with van der Waals surface area (Å²) < 4.78 is 0. The topological polar surface area (TPSA) is 20.2 Å². The maximum Gasteiger partial charge on any atom is 0.0621 e. The van der Waals surface area contributed by atoms with Gasteiger partial charge in [-0.05, 0) is 16.9 Å². The van der Waals surface area contributed by atoms with Crippen molar-refractivity contribution in [3.8, 4) is 0 Å². The van der Waals surface area contributed by atoms with Crippen molar-refractivity contribution in [3.63, 3.8) is 0 Å². The zero-order chi connectivity index (χ0) is 8.81. The van der Waals surface area contributed by atoms with E-state index in [1.165, 1.54) is 5.22 Å². The number of aliphatic hydroxyl groups excluding tert-OH is 1. The van der Waals surface area contributed by atoms with E-state index in [9.17, 15) is 0 Å². The van der Waals surface area contributed by atoms with E-state index in [0.717, 1.165) is 11.6 Å². The first-order valence-electron chi connectivity index (χ1n) is 4.24. The van der Waals surface area contributed by atoms with E-state index in [-0.39, 0.29) is 6.61 Å². The third-order valence-electron chi connectivity index (χ3n) is 1.73. The summed E-state index contributed by atoms with van der Waals surface area (Å²) in [5.41, 5.74) is 0. The molecule has 1 nitrogen and oxygen atoms in total. The summed E-state index contributed by atoms with van der Waals surface area (Å²) in [6.07, 6.45) is 5.00. The molecule has 1 heteroatoms. The summed E-state index contributed by atoms with van der Waals surface area (Å²) in [6.45, 7) is 2.21. The van der Waals surface area contributed by atoms with E-state index in [0.29, 0.717) is 0 Å². The Morgan fingerprint density at radius 3 is 2.25 bits per heavy atom. The van der Waals surface area contributed by atoms with Crippen molar-refractivity contribution >= 4 is 12.2 Å². The predicted molar refractivity (Wildman–Crippen MR) is 52.0 cm³/mol. The van der Waals surface area contributed by atoms with Crippen LogP contribution in [0.3, 0.4) is 0 Å². The molecule has 0 aliphatic rings. The standard InChI is InChI=1S/C11H14O/c1-2-5-10-6-3-4-7-11(10)8-9-12/h3-8,12H,2,9H2,1H3/b10-5-,11-8-. The van der Waals surface area contributed by atoms with Crippen molar-refractivity contribution in [2.75, 3.05) is 6.61 Å². The van der Waals surface area contributed by atoms with Gasteiger partial charge in [-0.25, -0.2) is 0 Å². The molecule has 0 bridgehead atoms. The van der Waals surface area contributed by atoms with Crippen molar-refractivity contribution in [1.82, 2.24) is 0 Å². The quantitative estimate of drug-likeness (QED) is 0.677. The Morgan fingerprint density at radius 1 is 1.17 bits per heavy atom. The zero-order valence-corrected chi connectivity index (χ0v) is 7.33. The second-order valence-corrected chi connectivity index (χ2v) is 2.63. The lowest BCUT2D eigenvalue weighted by Gasteiger charge is -1.88. The first kappa shape index (κ1) is 9.01. The largest absolute Gasteiger partial charge is 0.392 e. The number of hydrogen-bond donors (Lipinski definition) is 1. The molecule has 0 saturated carbocycles. The molecule has 0 amide bonds. The van der Waals surface area contributed by atoms with Crippen LogP contribution >= 0.6 is 0 Å². The molecular formula is C11H14O. The molecule has 0 heterocycles. The first-order valence-corrected chi connectivity index (χ1v) is 4.24. The molecule has 0 aliphatic heterocycles.